The van der Waals surface area contributed by atoms with E-state index >= 15 is 0 Å². The first-order valence-corrected chi connectivity index (χ1v) is 8.61. The van der Waals surface area contributed by atoms with Crippen LogP contribution in [0.25, 0.3) is 10.9 Å². The lowest BCUT2D eigenvalue weighted by atomic mass is 10.2. The molecule has 0 saturated heterocycles. The third-order valence-corrected chi connectivity index (χ3v) is 5.58. The molecule has 1 aromatic carbocycles. The molecule has 0 amide bonds. The van der Waals surface area contributed by atoms with Gasteiger partial charge in [-0.25, -0.2) is 8.42 Å². The molecule has 0 atom stereocenters. The average molecular weight is 319 g/mol. The Kier molecular flexibility index (Phi) is 3.62. The minimum Gasteiger partial charge on any atom is -0.326 e. The summed E-state index contributed by atoms with van der Waals surface area (Å²) in [5.41, 5.74) is 6.66. The molecule has 0 spiro atoms. The smallest absolute Gasteiger partial charge is 0.263 e. The number of hydrogen-bond acceptors (Lipinski definition) is 5. The number of thiophene rings is 1. The van der Waals surface area contributed by atoms with Crippen molar-refractivity contribution >= 4 is 38.0 Å². The molecule has 21 heavy (non-hydrogen) atoms. The SMILES string of the molecule is NCc1sccc1S(=O)(=O)Nc1cccc2cccnc12. The van der Waals surface area contributed by atoms with Gasteiger partial charge in [-0.15, -0.1) is 11.3 Å². The molecule has 2 aromatic heterocycles. The average Bonchev–Trinajstić information content (AvgIpc) is 2.97. The van der Waals surface area contributed by atoms with E-state index in [0.717, 1.165) is 5.39 Å². The van der Waals surface area contributed by atoms with Gasteiger partial charge in [0.05, 0.1) is 11.2 Å². The Hall–Kier alpha value is -1.96. The van der Waals surface area contributed by atoms with E-state index in [1.165, 1.54) is 11.3 Å². The number of sulfonamides is 1. The number of aromatic nitrogens is 1. The fourth-order valence-corrected chi connectivity index (χ4v) is 4.51. The summed E-state index contributed by atoms with van der Waals surface area (Å²) in [5, 5.41) is 2.60. The lowest BCUT2D eigenvalue weighted by Crippen LogP contribution is -2.15. The van der Waals surface area contributed by atoms with E-state index in [4.69, 9.17) is 5.73 Å². The fraction of sp³-hybridized carbons (Fsp3) is 0.0714. The van der Waals surface area contributed by atoms with Crippen LogP contribution in [-0.4, -0.2) is 13.4 Å². The summed E-state index contributed by atoms with van der Waals surface area (Å²) in [6.45, 7) is 0.196. The second kappa shape index (κ2) is 5.44. The van der Waals surface area contributed by atoms with Crippen LogP contribution in [0.15, 0.2) is 52.9 Å². The summed E-state index contributed by atoms with van der Waals surface area (Å²) in [6.07, 6.45) is 1.63. The second-order valence-electron chi connectivity index (χ2n) is 4.40. The number of nitrogens with two attached hydrogens (primary N) is 1. The van der Waals surface area contributed by atoms with E-state index in [1.54, 1.807) is 29.8 Å². The van der Waals surface area contributed by atoms with Crippen LogP contribution in [0.5, 0.6) is 0 Å². The Balaban J connectivity index is 2.06. The van der Waals surface area contributed by atoms with Gasteiger partial charge in [0.25, 0.3) is 10.0 Å². The molecule has 0 bridgehead atoms. The summed E-state index contributed by atoms with van der Waals surface area (Å²) in [4.78, 5) is 5.10. The molecule has 0 aliphatic rings. The third-order valence-electron chi connectivity index (χ3n) is 3.06. The number of nitrogens with zero attached hydrogens (tertiary/aromatic N) is 1. The van der Waals surface area contributed by atoms with E-state index < -0.39 is 10.0 Å². The zero-order valence-corrected chi connectivity index (χ0v) is 12.6. The Morgan fingerprint density at radius 1 is 1.19 bits per heavy atom. The van der Waals surface area contributed by atoms with E-state index in [-0.39, 0.29) is 11.4 Å². The minimum absolute atomic E-state index is 0.196. The molecule has 0 unspecified atom stereocenters. The molecule has 3 aromatic rings. The van der Waals surface area contributed by atoms with Gasteiger partial charge in [0.2, 0.25) is 0 Å². The predicted octanol–water partition coefficient (Wildman–Crippen LogP) is 2.56. The molecule has 3 N–H and O–H groups in total. The van der Waals surface area contributed by atoms with Crippen LogP contribution >= 0.6 is 11.3 Å². The monoisotopic (exact) mass is 319 g/mol. The highest BCUT2D eigenvalue weighted by molar-refractivity contribution is 7.93. The molecule has 0 aliphatic heterocycles. The van der Waals surface area contributed by atoms with Crippen molar-refractivity contribution < 1.29 is 8.42 Å². The first kappa shape index (κ1) is 14.0. The van der Waals surface area contributed by atoms with E-state index in [9.17, 15) is 8.42 Å². The Morgan fingerprint density at radius 3 is 2.81 bits per heavy atom. The Morgan fingerprint density at radius 2 is 2.00 bits per heavy atom. The van der Waals surface area contributed by atoms with Crippen LogP contribution in [0.4, 0.5) is 5.69 Å². The van der Waals surface area contributed by atoms with Crippen molar-refractivity contribution in [3.63, 3.8) is 0 Å². The van der Waals surface area contributed by atoms with Crippen molar-refractivity contribution in [2.75, 3.05) is 4.72 Å². The molecule has 0 fully saturated rings. The summed E-state index contributed by atoms with van der Waals surface area (Å²) in [6, 6.07) is 10.6. The maximum Gasteiger partial charge on any atom is 0.263 e. The normalized spacial score (nSPS) is 11.7. The molecule has 0 aliphatic carbocycles. The lowest BCUT2D eigenvalue weighted by Gasteiger charge is -2.10. The highest BCUT2D eigenvalue weighted by atomic mass is 32.2. The van der Waals surface area contributed by atoms with Crippen molar-refractivity contribution in [2.24, 2.45) is 5.73 Å². The van der Waals surface area contributed by atoms with Gasteiger partial charge < -0.3 is 5.73 Å². The van der Waals surface area contributed by atoms with Crippen LogP contribution in [-0.2, 0) is 16.6 Å². The molecule has 0 saturated carbocycles. The number of para-hydroxylation sites is 1. The maximum absolute atomic E-state index is 12.5. The van der Waals surface area contributed by atoms with Crippen LogP contribution in [0.3, 0.4) is 0 Å². The van der Waals surface area contributed by atoms with Crippen molar-refractivity contribution in [1.82, 2.24) is 4.98 Å². The Labute approximate surface area is 126 Å². The van der Waals surface area contributed by atoms with Gasteiger partial charge >= 0.3 is 0 Å². The number of rotatable bonds is 4. The molecule has 0 radical (unpaired) electrons. The zero-order valence-electron chi connectivity index (χ0n) is 11.0. The molecule has 5 nitrogen and oxygen atoms in total. The van der Waals surface area contributed by atoms with Gasteiger partial charge in [-0.05, 0) is 23.6 Å². The summed E-state index contributed by atoms with van der Waals surface area (Å²) in [5.74, 6) is 0. The van der Waals surface area contributed by atoms with Gasteiger partial charge in [0.15, 0.2) is 0 Å². The third kappa shape index (κ3) is 2.63. The Bertz CT molecular complexity index is 883. The summed E-state index contributed by atoms with van der Waals surface area (Å²) < 4.78 is 27.6. The highest BCUT2D eigenvalue weighted by Gasteiger charge is 2.20. The summed E-state index contributed by atoms with van der Waals surface area (Å²) in [7, 11) is -3.66. The van der Waals surface area contributed by atoms with Gasteiger partial charge in [-0.2, -0.15) is 0 Å². The van der Waals surface area contributed by atoms with Crippen molar-refractivity contribution in [3.8, 4) is 0 Å². The number of hydrogen-bond donors (Lipinski definition) is 2. The topological polar surface area (TPSA) is 85.1 Å². The fourth-order valence-electron chi connectivity index (χ4n) is 2.10. The summed E-state index contributed by atoms with van der Waals surface area (Å²) >= 11 is 1.33. The molecule has 2 heterocycles. The maximum atomic E-state index is 12.5. The number of pyridine rings is 1. The second-order valence-corrected chi connectivity index (χ2v) is 7.05. The van der Waals surface area contributed by atoms with Gasteiger partial charge in [0.1, 0.15) is 4.90 Å². The zero-order chi connectivity index (χ0) is 14.9. The number of anilines is 1. The van der Waals surface area contributed by atoms with Crippen LogP contribution in [0, 0.1) is 0 Å². The molecule has 108 valence electrons. The van der Waals surface area contributed by atoms with Gasteiger partial charge in [-0.1, -0.05) is 18.2 Å². The van der Waals surface area contributed by atoms with E-state index in [2.05, 4.69) is 9.71 Å². The highest BCUT2D eigenvalue weighted by Crippen LogP contribution is 2.27. The van der Waals surface area contributed by atoms with Crippen LogP contribution < -0.4 is 10.5 Å². The quantitative estimate of drug-likeness (QED) is 0.774. The number of fused-ring (bicyclic) bond motifs is 1. The number of nitrogens with one attached hydrogen (secondary N) is 1. The standard InChI is InChI=1S/C14H13N3O2S2/c15-9-12-13(6-8-20-12)21(18,19)17-11-5-1-3-10-4-2-7-16-14(10)11/h1-8,17H,9,15H2. The number of benzene rings is 1. The van der Waals surface area contributed by atoms with Crippen LogP contribution in [0.2, 0.25) is 0 Å². The van der Waals surface area contributed by atoms with E-state index in [1.807, 2.05) is 18.2 Å². The molecular formula is C14H13N3O2S2. The predicted molar refractivity (Wildman–Crippen MR) is 84.8 cm³/mol. The van der Waals surface area contributed by atoms with Gasteiger partial charge in [-0.3, -0.25) is 9.71 Å². The minimum atomic E-state index is -3.66. The lowest BCUT2D eigenvalue weighted by molar-refractivity contribution is 0.600. The van der Waals surface area contributed by atoms with Crippen molar-refractivity contribution in [1.29, 1.82) is 0 Å². The molecule has 3 rings (SSSR count). The first-order valence-electron chi connectivity index (χ1n) is 6.25. The molecular weight excluding hydrogens is 306 g/mol. The first-order chi connectivity index (χ1) is 10.1. The molecule has 7 heteroatoms. The van der Waals surface area contributed by atoms with Crippen molar-refractivity contribution in [2.45, 2.75) is 11.4 Å². The largest absolute Gasteiger partial charge is 0.326 e. The van der Waals surface area contributed by atoms with E-state index in [0.29, 0.717) is 16.1 Å². The van der Waals surface area contributed by atoms with Crippen molar-refractivity contribution in [3.05, 3.63) is 52.9 Å². The van der Waals surface area contributed by atoms with Crippen LogP contribution in [0.1, 0.15) is 4.88 Å². The van der Waals surface area contributed by atoms with Gasteiger partial charge in [0, 0.05) is 23.0 Å².